The van der Waals surface area contributed by atoms with E-state index >= 15 is 0 Å². The Morgan fingerprint density at radius 3 is 2.72 bits per heavy atom. The molecule has 0 saturated heterocycles. The van der Waals surface area contributed by atoms with E-state index in [1.165, 1.54) is 12.8 Å². The zero-order valence-electron chi connectivity index (χ0n) is 10.5. The third-order valence-electron chi connectivity index (χ3n) is 3.38. The van der Waals surface area contributed by atoms with Crippen molar-refractivity contribution in [2.45, 2.75) is 49.1 Å². The number of ether oxygens (including phenoxy) is 1. The van der Waals surface area contributed by atoms with Gasteiger partial charge in [-0.05, 0) is 37.3 Å². The fourth-order valence-electron chi connectivity index (χ4n) is 2.30. The molecule has 1 aromatic carbocycles. The summed E-state index contributed by atoms with van der Waals surface area (Å²) >= 11 is 4.38. The largest absolute Gasteiger partial charge is 0.458 e. The molecule has 0 unspecified atom stereocenters. The van der Waals surface area contributed by atoms with Crippen molar-refractivity contribution >= 4 is 18.6 Å². The molecule has 0 aromatic heterocycles. The molecule has 0 amide bonds. The predicted molar refractivity (Wildman–Crippen MR) is 72.4 cm³/mol. The van der Waals surface area contributed by atoms with E-state index < -0.39 is 0 Å². The molecule has 0 aliphatic heterocycles. The Kier molecular flexibility index (Phi) is 4.66. The first-order valence-electron chi connectivity index (χ1n) is 6.47. The van der Waals surface area contributed by atoms with Gasteiger partial charge in [-0.3, -0.25) is 0 Å². The number of hydrogen-bond acceptors (Lipinski definition) is 3. The molecule has 0 radical (unpaired) electrons. The van der Waals surface area contributed by atoms with Gasteiger partial charge in [0.2, 0.25) is 0 Å². The first-order valence-corrected chi connectivity index (χ1v) is 6.92. The summed E-state index contributed by atoms with van der Waals surface area (Å²) in [6.07, 6.45) is 5.04. The molecular formula is C14H20NO2S+. The van der Waals surface area contributed by atoms with Crippen LogP contribution >= 0.6 is 12.6 Å². The maximum atomic E-state index is 11.9. The van der Waals surface area contributed by atoms with E-state index in [1.807, 2.05) is 24.3 Å². The van der Waals surface area contributed by atoms with Crippen LogP contribution in [0.15, 0.2) is 29.2 Å². The van der Waals surface area contributed by atoms with Gasteiger partial charge < -0.3 is 10.5 Å². The summed E-state index contributed by atoms with van der Waals surface area (Å²) in [6, 6.07) is 7.43. The highest BCUT2D eigenvalue weighted by atomic mass is 32.1. The van der Waals surface area contributed by atoms with Gasteiger partial charge in [-0.2, -0.15) is 0 Å². The molecule has 18 heavy (non-hydrogen) atoms. The standard InChI is InChI=1S/C14H19NO2S/c15-12(9-10-5-1-4-8-13(10)18)14(16)17-11-6-2-3-7-11/h1,4-5,8,11-12,18H,2-3,6-7,9,15H2/p+1/t12-/m0/s1. The number of benzene rings is 1. The van der Waals surface area contributed by atoms with Crippen molar-refractivity contribution in [1.82, 2.24) is 0 Å². The number of rotatable bonds is 4. The average Bonchev–Trinajstić information content (AvgIpc) is 2.84. The Hall–Kier alpha value is -1.00. The molecule has 0 heterocycles. The smallest absolute Gasteiger partial charge is 0.365 e. The molecular weight excluding hydrogens is 246 g/mol. The lowest BCUT2D eigenvalue weighted by molar-refractivity contribution is -0.408. The Morgan fingerprint density at radius 1 is 1.39 bits per heavy atom. The fourth-order valence-corrected chi connectivity index (χ4v) is 2.55. The average molecular weight is 266 g/mol. The normalized spacial score (nSPS) is 17.7. The highest BCUT2D eigenvalue weighted by Gasteiger charge is 2.25. The van der Waals surface area contributed by atoms with Crippen LogP contribution < -0.4 is 5.73 Å². The minimum Gasteiger partial charge on any atom is -0.458 e. The van der Waals surface area contributed by atoms with E-state index in [-0.39, 0.29) is 18.1 Å². The van der Waals surface area contributed by atoms with Crippen molar-refractivity contribution in [2.75, 3.05) is 0 Å². The SMILES string of the molecule is [NH3+][C@@H](Cc1ccccc1S)C(=O)OC1CCCC1. The summed E-state index contributed by atoms with van der Waals surface area (Å²) in [5, 5.41) is 0. The number of quaternary nitrogens is 1. The summed E-state index contributed by atoms with van der Waals surface area (Å²) < 4.78 is 5.46. The van der Waals surface area contributed by atoms with Gasteiger partial charge in [-0.15, -0.1) is 12.6 Å². The number of thiol groups is 1. The number of carbonyl (C=O) groups is 1. The van der Waals surface area contributed by atoms with Gasteiger partial charge in [-0.1, -0.05) is 18.2 Å². The third kappa shape index (κ3) is 3.50. The highest BCUT2D eigenvalue weighted by molar-refractivity contribution is 7.80. The van der Waals surface area contributed by atoms with E-state index in [4.69, 9.17) is 4.74 Å². The first-order chi connectivity index (χ1) is 8.66. The Morgan fingerprint density at radius 2 is 2.06 bits per heavy atom. The monoisotopic (exact) mass is 266 g/mol. The van der Waals surface area contributed by atoms with Crippen LogP contribution in [0.5, 0.6) is 0 Å². The van der Waals surface area contributed by atoms with Gasteiger partial charge in [0.05, 0.1) is 0 Å². The molecule has 1 atom stereocenters. The molecule has 0 bridgehead atoms. The van der Waals surface area contributed by atoms with Crippen molar-refractivity contribution in [2.24, 2.45) is 0 Å². The van der Waals surface area contributed by atoms with Gasteiger partial charge in [0, 0.05) is 11.3 Å². The minimum atomic E-state index is -0.348. The molecule has 3 nitrogen and oxygen atoms in total. The second-order valence-electron chi connectivity index (χ2n) is 4.87. The molecule has 3 N–H and O–H groups in total. The van der Waals surface area contributed by atoms with Crippen LogP contribution in [0, 0.1) is 0 Å². The van der Waals surface area contributed by atoms with Gasteiger partial charge in [0.15, 0.2) is 6.04 Å². The number of esters is 1. The molecule has 1 aliphatic carbocycles. The maximum absolute atomic E-state index is 11.9. The molecule has 4 heteroatoms. The Balaban J connectivity index is 1.89. The van der Waals surface area contributed by atoms with E-state index in [2.05, 4.69) is 18.4 Å². The van der Waals surface area contributed by atoms with Crippen molar-refractivity contribution in [3.8, 4) is 0 Å². The van der Waals surface area contributed by atoms with Gasteiger partial charge in [0.1, 0.15) is 6.10 Å². The van der Waals surface area contributed by atoms with Crippen molar-refractivity contribution in [1.29, 1.82) is 0 Å². The Bertz CT molecular complexity index is 416. The summed E-state index contributed by atoms with van der Waals surface area (Å²) in [4.78, 5) is 12.8. The highest BCUT2D eigenvalue weighted by Crippen LogP contribution is 2.21. The predicted octanol–water partition coefficient (Wildman–Crippen LogP) is 1.61. The quantitative estimate of drug-likeness (QED) is 0.642. The lowest BCUT2D eigenvalue weighted by Gasteiger charge is -2.14. The summed E-state index contributed by atoms with van der Waals surface area (Å²) in [5.41, 5.74) is 4.95. The van der Waals surface area contributed by atoms with Crippen LogP contribution in [0.4, 0.5) is 0 Å². The number of carbonyl (C=O) groups excluding carboxylic acids is 1. The van der Waals surface area contributed by atoms with Crippen LogP contribution in [-0.2, 0) is 16.0 Å². The molecule has 1 fully saturated rings. The van der Waals surface area contributed by atoms with E-state index in [0.717, 1.165) is 23.3 Å². The van der Waals surface area contributed by atoms with Crippen LogP contribution in [0.25, 0.3) is 0 Å². The second-order valence-corrected chi connectivity index (χ2v) is 5.35. The van der Waals surface area contributed by atoms with Crippen molar-refractivity contribution in [3.05, 3.63) is 29.8 Å². The van der Waals surface area contributed by atoms with Gasteiger partial charge >= 0.3 is 5.97 Å². The van der Waals surface area contributed by atoms with Crippen LogP contribution in [0.1, 0.15) is 31.2 Å². The Labute approximate surface area is 113 Å². The molecule has 1 aromatic rings. The molecule has 1 aliphatic rings. The van der Waals surface area contributed by atoms with Crippen LogP contribution in [-0.4, -0.2) is 18.1 Å². The molecule has 98 valence electrons. The van der Waals surface area contributed by atoms with E-state index in [1.54, 1.807) is 0 Å². The minimum absolute atomic E-state index is 0.119. The van der Waals surface area contributed by atoms with E-state index in [0.29, 0.717) is 6.42 Å². The van der Waals surface area contributed by atoms with Crippen LogP contribution in [0.2, 0.25) is 0 Å². The summed E-state index contributed by atoms with van der Waals surface area (Å²) in [7, 11) is 0. The van der Waals surface area contributed by atoms with Gasteiger partial charge in [0.25, 0.3) is 0 Å². The van der Waals surface area contributed by atoms with Crippen molar-refractivity contribution in [3.63, 3.8) is 0 Å². The maximum Gasteiger partial charge on any atom is 0.365 e. The van der Waals surface area contributed by atoms with E-state index in [9.17, 15) is 4.79 Å². The molecule has 1 saturated carbocycles. The van der Waals surface area contributed by atoms with Crippen LogP contribution in [0.3, 0.4) is 0 Å². The fraction of sp³-hybridized carbons (Fsp3) is 0.500. The topological polar surface area (TPSA) is 53.9 Å². The molecule has 0 spiro atoms. The zero-order valence-corrected chi connectivity index (χ0v) is 11.4. The lowest BCUT2D eigenvalue weighted by atomic mass is 10.1. The molecule has 2 rings (SSSR count). The van der Waals surface area contributed by atoms with Gasteiger partial charge in [-0.25, -0.2) is 4.79 Å². The third-order valence-corrected chi connectivity index (χ3v) is 3.81. The second kappa shape index (κ2) is 6.25. The number of hydrogen-bond donors (Lipinski definition) is 2. The lowest BCUT2D eigenvalue weighted by Crippen LogP contribution is -2.66. The first kappa shape index (κ1) is 13.4. The zero-order chi connectivity index (χ0) is 13.0. The van der Waals surface area contributed by atoms with Crippen molar-refractivity contribution < 1.29 is 15.3 Å². The summed E-state index contributed by atoms with van der Waals surface area (Å²) in [6.45, 7) is 0. The summed E-state index contributed by atoms with van der Waals surface area (Å²) in [5.74, 6) is -0.182.